The summed E-state index contributed by atoms with van der Waals surface area (Å²) in [5.74, 6) is 2.78. The molecule has 1 aliphatic carbocycles. The Morgan fingerprint density at radius 3 is 2.54 bits per heavy atom. The van der Waals surface area contributed by atoms with Gasteiger partial charge in [-0.15, -0.1) is 0 Å². The molecule has 2 atom stereocenters. The van der Waals surface area contributed by atoms with E-state index in [4.69, 9.17) is 4.74 Å². The Labute approximate surface area is 145 Å². The molecule has 4 rings (SSSR count). The van der Waals surface area contributed by atoms with Crippen molar-refractivity contribution in [1.82, 2.24) is 4.90 Å². The summed E-state index contributed by atoms with van der Waals surface area (Å²) in [4.78, 5) is 2.73. The van der Waals surface area contributed by atoms with Gasteiger partial charge in [-0.3, -0.25) is 4.90 Å². The molecule has 2 aliphatic rings. The van der Waals surface area contributed by atoms with Crippen molar-refractivity contribution in [2.75, 3.05) is 6.54 Å². The molecular weight excluding hydrogens is 294 g/mol. The zero-order chi connectivity index (χ0) is 16.2. The maximum absolute atomic E-state index is 6.00. The van der Waals surface area contributed by atoms with Crippen LogP contribution in [0.1, 0.15) is 44.1 Å². The van der Waals surface area contributed by atoms with Crippen LogP contribution in [-0.4, -0.2) is 17.5 Å². The summed E-state index contributed by atoms with van der Waals surface area (Å²) in [6, 6.07) is 19.5. The van der Waals surface area contributed by atoms with E-state index in [1.54, 1.807) is 0 Å². The van der Waals surface area contributed by atoms with Gasteiger partial charge < -0.3 is 4.74 Å². The second kappa shape index (κ2) is 7.40. The highest BCUT2D eigenvalue weighted by Crippen LogP contribution is 2.36. The van der Waals surface area contributed by atoms with Gasteiger partial charge in [-0.05, 0) is 68.0 Å². The van der Waals surface area contributed by atoms with E-state index in [0.717, 1.165) is 30.0 Å². The molecule has 1 saturated carbocycles. The number of para-hydroxylation sites is 1. The Balaban J connectivity index is 1.45. The molecule has 0 radical (unpaired) electrons. The van der Waals surface area contributed by atoms with Crippen LogP contribution < -0.4 is 4.74 Å². The number of hydrogen-bond donors (Lipinski definition) is 0. The summed E-state index contributed by atoms with van der Waals surface area (Å²) in [7, 11) is 0. The number of nitrogens with zero attached hydrogens (tertiary/aromatic N) is 1. The van der Waals surface area contributed by atoms with E-state index >= 15 is 0 Å². The molecule has 2 unspecified atom stereocenters. The first-order valence-electron chi connectivity index (χ1n) is 9.44. The van der Waals surface area contributed by atoms with Crippen molar-refractivity contribution in [2.45, 2.75) is 51.1 Å². The molecule has 1 saturated heterocycles. The van der Waals surface area contributed by atoms with Crippen molar-refractivity contribution in [3.8, 4) is 11.5 Å². The molecule has 0 aromatic heterocycles. The van der Waals surface area contributed by atoms with E-state index in [0.29, 0.717) is 0 Å². The Morgan fingerprint density at radius 1 is 0.833 bits per heavy atom. The summed E-state index contributed by atoms with van der Waals surface area (Å²) in [6.07, 6.45) is 8.49. The number of likely N-dealkylation sites (tertiary alicyclic amines) is 1. The summed E-state index contributed by atoms with van der Waals surface area (Å²) in [6.45, 7) is 2.32. The van der Waals surface area contributed by atoms with Crippen LogP contribution in [0.3, 0.4) is 0 Å². The molecule has 126 valence electrons. The van der Waals surface area contributed by atoms with Gasteiger partial charge in [0.2, 0.25) is 0 Å². The standard InChI is InChI=1S/C22H27NO/c1-2-11-20(12-3-1)24-21-13-6-8-18(16-21)17-23-15-7-10-19-9-4-5-14-22(19)23/h1-3,6,8,11-13,16,19,22H,4-5,7,9-10,14-15,17H2. The Bertz CT molecular complexity index is 652. The van der Waals surface area contributed by atoms with Crippen molar-refractivity contribution in [3.63, 3.8) is 0 Å². The van der Waals surface area contributed by atoms with Gasteiger partial charge in [-0.1, -0.05) is 43.2 Å². The van der Waals surface area contributed by atoms with Crippen molar-refractivity contribution in [3.05, 3.63) is 60.2 Å². The lowest BCUT2D eigenvalue weighted by Gasteiger charge is -2.44. The minimum Gasteiger partial charge on any atom is -0.457 e. The van der Waals surface area contributed by atoms with E-state index in [1.165, 1.54) is 50.6 Å². The van der Waals surface area contributed by atoms with Crippen molar-refractivity contribution < 1.29 is 4.74 Å². The maximum Gasteiger partial charge on any atom is 0.127 e. The molecule has 2 heteroatoms. The Hall–Kier alpha value is -1.80. The summed E-state index contributed by atoms with van der Waals surface area (Å²) < 4.78 is 6.00. The van der Waals surface area contributed by atoms with Crippen LogP contribution in [0.15, 0.2) is 54.6 Å². The van der Waals surface area contributed by atoms with Crippen molar-refractivity contribution in [2.24, 2.45) is 5.92 Å². The summed E-state index contributed by atoms with van der Waals surface area (Å²) >= 11 is 0. The topological polar surface area (TPSA) is 12.5 Å². The molecule has 0 N–H and O–H groups in total. The molecule has 24 heavy (non-hydrogen) atoms. The van der Waals surface area contributed by atoms with E-state index in [1.807, 2.05) is 30.3 Å². The minimum absolute atomic E-state index is 0.811. The van der Waals surface area contributed by atoms with E-state index in [9.17, 15) is 0 Å². The highest BCUT2D eigenvalue weighted by molar-refractivity contribution is 5.33. The van der Waals surface area contributed by atoms with Crippen LogP contribution in [0.5, 0.6) is 11.5 Å². The largest absolute Gasteiger partial charge is 0.457 e. The molecule has 1 aliphatic heterocycles. The molecular formula is C22H27NO. The van der Waals surface area contributed by atoms with Crippen LogP contribution in [0.4, 0.5) is 0 Å². The zero-order valence-corrected chi connectivity index (χ0v) is 14.4. The Kier molecular flexibility index (Phi) is 4.84. The fourth-order valence-electron chi connectivity index (χ4n) is 4.49. The molecule has 1 heterocycles. The van der Waals surface area contributed by atoms with E-state index in [2.05, 4.69) is 29.2 Å². The second-order valence-corrected chi connectivity index (χ2v) is 7.29. The van der Waals surface area contributed by atoms with Gasteiger partial charge in [-0.2, -0.15) is 0 Å². The normalized spacial score (nSPS) is 24.3. The fourth-order valence-corrected chi connectivity index (χ4v) is 4.49. The van der Waals surface area contributed by atoms with Crippen LogP contribution >= 0.6 is 0 Å². The highest BCUT2D eigenvalue weighted by Gasteiger charge is 2.32. The molecule has 2 aromatic carbocycles. The first-order valence-corrected chi connectivity index (χ1v) is 9.44. The number of piperidine rings is 1. The number of benzene rings is 2. The maximum atomic E-state index is 6.00. The lowest BCUT2D eigenvalue weighted by molar-refractivity contribution is 0.0547. The average molecular weight is 321 g/mol. The van der Waals surface area contributed by atoms with E-state index in [-0.39, 0.29) is 0 Å². The fraction of sp³-hybridized carbons (Fsp3) is 0.455. The number of fused-ring (bicyclic) bond motifs is 1. The quantitative estimate of drug-likeness (QED) is 0.723. The molecule has 0 bridgehead atoms. The molecule has 2 aromatic rings. The number of rotatable bonds is 4. The molecule has 0 spiro atoms. The lowest BCUT2D eigenvalue weighted by Crippen LogP contribution is -2.46. The van der Waals surface area contributed by atoms with Gasteiger partial charge in [0, 0.05) is 12.6 Å². The molecule has 2 fully saturated rings. The van der Waals surface area contributed by atoms with Crippen LogP contribution in [0, 0.1) is 5.92 Å². The van der Waals surface area contributed by atoms with Gasteiger partial charge in [0.05, 0.1) is 0 Å². The third-order valence-electron chi connectivity index (χ3n) is 5.62. The van der Waals surface area contributed by atoms with Gasteiger partial charge >= 0.3 is 0 Å². The smallest absolute Gasteiger partial charge is 0.127 e. The minimum atomic E-state index is 0.811. The molecule has 0 amide bonds. The first kappa shape index (κ1) is 15.7. The Morgan fingerprint density at radius 2 is 1.62 bits per heavy atom. The SMILES string of the molecule is c1ccc(Oc2cccc(CN3CCCC4CCCCC43)c2)cc1. The van der Waals surface area contributed by atoms with Crippen LogP contribution in [-0.2, 0) is 6.54 Å². The summed E-state index contributed by atoms with van der Waals surface area (Å²) in [5, 5.41) is 0. The second-order valence-electron chi connectivity index (χ2n) is 7.29. The predicted octanol–water partition coefficient (Wildman–Crippen LogP) is 5.63. The van der Waals surface area contributed by atoms with E-state index < -0.39 is 0 Å². The third kappa shape index (κ3) is 3.64. The van der Waals surface area contributed by atoms with Crippen molar-refractivity contribution in [1.29, 1.82) is 0 Å². The highest BCUT2D eigenvalue weighted by atomic mass is 16.5. The summed E-state index contributed by atoms with van der Waals surface area (Å²) in [5.41, 5.74) is 1.37. The number of hydrogen-bond acceptors (Lipinski definition) is 2. The third-order valence-corrected chi connectivity index (χ3v) is 5.62. The first-order chi connectivity index (χ1) is 11.9. The van der Waals surface area contributed by atoms with Gasteiger partial charge in [0.15, 0.2) is 0 Å². The van der Waals surface area contributed by atoms with Gasteiger partial charge in [0.25, 0.3) is 0 Å². The van der Waals surface area contributed by atoms with Crippen LogP contribution in [0.25, 0.3) is 0 Å². The van der Waals surface area contributed by atoms with Crippen LogP contribution in [0.2, 0.25) is 0 Å². The predicted molar refractivity (Wildman–Crippen MR) is 98.3 cm³/mol. The molecule has 2 nitrogen and oxygen atoms in total. The average Bonchev–Trinajstić information content (AvgIpc) is 2.63. The van der Waals surface area contributed by atoms with Gasteiger partial charge in [-0.25, -0.2) is 0 Å². The zero-order valence-electron chi connectivity index (χ0n) is 14.4. The monoisotopic (exact) mass is 321 g/mol. The van der Waals surface area contributed by atoms with Gasteiger partial charge in [0.1, 0.15) is 11.5 Å². The van der Waals surface area contributed by atoms with Crippen molar-refractivity contribution >= 4 is 0 Å². The number of ether oxygens (including phenoxy) is 1. The lowest BCUT2D eigenvalue weighted by atomic mass is 9.78.